The highest BCUT2D eigenvalue weighted by atomic mass is 16.7. The lowest BCUT2D eigenvalue weighted by Gasteiger charge is -2.05. The zero-order valence-electron chi connectivity index (χ0n) is 6.32. The first-order chi connectivity index (χ1) is 5.16. The molecule has 0 amide bonds. The van der Waals surface area contributed by atoms with Crippen LogP contribution in [0.25, 0.3) is 0 Å². The molecule has 11 heavy (non-hydrogen) atoms. The Hall–Kier alpha value is -0.810. The summed E-state index contributed by atoms with van der Waals surface area (Å²) in [4.78, 5) is 10.4. The molecular weight excluding hydrogens is 152 g/mol. The maximum atomic E-state index is 10.4. The normalized spacial score (nSPS) is 12.3. The predicted octanol–water partition coefficient (Wildman–Crippen LogP) is -0.487. The number of aliphatic hydroxyl groups is 2. The van der Waals surface area contributed by atoms with Crippen molar-refractivity contribution in [3.05, 3.63) is 0 Å². The van der Waals surface area contributed by atoms with Crippen LogP contribution in [-0.2, 0) is 9.47 Å². The van der Waals surface area contributed by atoms with Crippen LogP contribution in [0, 0.1) is 0 Å². The summed E-state index contributed by atoms with van der Waals surface area (Å²) in [5.74, 6) is 0. The van der Waals surface area contributed by atoms with Crippen LogP contribution in [0.2, 0.25) is 0 Å². The maximum absolute atomic E-state index is 10.4. The van der Waals surface area contributed by atoms with Gasteiger partial charge in [-0.05, 0) is 6.92 Å². The van der Waals surface area contributed by atoms with Crippen molar-refractivity contribution in [1.82, 2.24) is 0 Å². The van der Waals surface area contributed by atoms with E-state index in [1.807, 2.05) is 0 Å². The number of carbonyl (C=O) groups is 1. The molecule has 0 aliphatic carbocycles. The molecule has 0 aliphatic rings. The third kappa shape index (κ3) is 7.08. The topological polar surface area (TPSA) is 76.0 Å². The molecule has 0 aromatic carbocycles. The molecule has 0 heterocycles. The van der Waals surface area contributed by atoms with Crippen LogP contribution in [0.3, 0.4) is 0 Å². The van der Waals surface area contributed by atoms with Crippen molar-refractivity contribution < 1.29 is 24.5 Å². The van der Waals surface area contributed by atoms with Crippen LogP contribution in [0.4, 0.5) is 4.79 Å². The average molecular weight is 164 g/mol. The molecule has 5 heteroatoms. The van der Waals surface area contributed by atoms with Crippen molar-refractivity contribution in [3.8, 4) is 0 Å². The summed E-state index contributed by atoms with van der Waals surface area (Å²) in [7, 11) is 0. The second-order valence-electron chi connectivity index (χ2n) is 1.98. The Kier molecular flexibility index (Phi) is 5.50. The first-order valence-corrected chi connectivity index (χ1v) is 3.25. The molecule has 0 radical (unpaired) electrons. The maximum Gasteiger partial charge on any atom is 0.508 e. The van der Waals surface area contributed by atoms with Crippen LogP contribution >= 0.6 is 0 Å². The second-order valence-corrected chi connectivity index (χ2v) is 1.98. The van der Waals surface area contributed by atoms with Crippen LogP contribution < -0.4 is 0 Å². The molecule has 5 nitrogen and oxygen atoms in total. The van der Waals surface area contributed by atoms with Crippen molar-refractivity contribution in [1.29, 1.82) is 0 Å². The second kappa shape index (κ2) is 5.94. The Morgan fingerprint density at radius 2 is 2.18 bits per heavy atom. The highest BCUT2D eigenvalue weighted by molar-refractivity contribution is 5.59. The predicted molar refractivity (Wildman–Crippen MR) is 36.1 cm³/mol. The van der Waals surface area contributed by atoms with Crippen molar-refractivity contribution in [2.75, 3.05) is 19.8 Å². The molecule has 0 bridgehead atoms. The molecule has 0 aliphatic heterocycles. The highest BCUT2D eigenvalue weighted by Gasteiger charge is 2.04. The number of carbonyl (C=O) groups excluding carboxylic acids is 1. The monoisotopic (exact) mass is 164 g/mol. The van der Waals surface area contributed by atoms with E-state index in [4.69, 9.17) is 10.2 Å². The Morgan fingerprint density at radius 1 is 1.55 bits per heavy atom. The van der Waals surface area contributed by atoms with E-state index in [1.54, 1.807) is 0 Å². The van der Waals surface area contributed by atoms with Crippen LogP contribution in [0.1, 0.15) is 6.92 Å². The molecule has 0 spiro atoms. The standard InChI is InChI=1S/C6H12O5/c1-5(8)4-11-6(9)10-3-2-7/h5,7-8H,2-4H2,1H3. The van der Waals surface area contributed by atoms with E-state index in [1.165, 1.54) is 6.92 Å². The molecule has 0 fully saturated rings. The zero-order valence-corrected chi connectivity index (χ0v) is 6.32. The lowest BCUT2D eigenvalue weighted by atomic mass is 10.5. The van der Waals surface area contributed by atoms with E-state index in [0.29, 0.717) is 0 Å². The fourth-order valence-corrected chi connectivity index (χ4v) is 0.359. The first kappa shape index (κ1) is 10.2. The fraction of sp³-hybridized carbons (Fsp3) is 0.833. The Balaban J connectivity index is 3.23. The van der Waals surface area contributed by atoms with E-state index in [2.05, 4.69) is 9.47 Å². The summed E-state index contributed by atoms with van der Waals surface area (Å²) >= 11 is 0. The third-order valence-electron chi connectivity index (χ3n) is 0.754. The summed E-state index contributed by atoms with van der Waals surface area (Å²) in [6.45, 7) is 1.08. The largest absolute Gasteiger partial charge is 0.508 e. The summed E-state index contributed by atoms with van der Waals surface area (Å²) in [6, 6.07) is 0. The van der Waals surface area contributed by atoms with Gasteiger partial charge in [0.15, 0.2) is 0 Å². The van der Waals surface area contributed by atoms with Crippen molar-refractivity contribution in [2.45, 2.75) is 13.0 Å². The number of hydrogen-bond donors (Lipinski definition) is 2. The van der Waals surface area contributed by atoms with Gasteiger partial charge in [-0.2, -0.15) is 0 Å². The van der Waals surface area contributed by atoms with Gasteiger partial charge >= 0.3 is 6.16 Å². The van der Waals surface area contributed by atoms with E-state index in [9.17, 15) is 4.79 Å². The number of aliphatic hydroxyl groups excluding tert-OH is 2. The fourth-order valence-electron chi connectivity index (χ4n) is 0.359. The van der Waals surface area contributed by atoms with Gasteiger partial charge in [0.1, 0.15) is 13.2 Å². The van der Waals surface area contributed by atoms with Gasteiger partial charge in [-0.1, -0.05) is 0 Å². The minimum Gasteiger partial charge on any atom is -0.432 e. The summed E-state index contributed by atoms with van der Waals surface area (Å²) in [5, 5.41) is 16.9. The van der Waals surface area contributed by atoms with E-state index in [0.717, 1.165) is 0 Å². The Labute approximate surface area is 64.5 Å². The highest BCUT2D eigenvalue weighted by Crippen LogP contribution is 1.87. The summed E-state index contributed by atoms with van der Waals surface area (Å²) in [5.41, 5.74) is 0. The Morgan fingerprint density at radius 3 is 2.64 bits per heavy atom. The molecular formula is C6H12O5. The number of hydrogen-bond acceptors (Lipinski definition) is 5. The molecule has 0 aromatic rings. The van der Waals surface area contributed by atoms with Gasteiger partial charge in [-0.25, -0.2) is 4.79 Å². The first-order valence-electron chi connectivity index (χ1n) is 3.25. The van der Waals surface area contributed by atoms with Gasteiger partial charge in [0.05, 0.1) is 12.7 Å². The number of rotatable bonds is 4. The molecule has 66 valence electrons. The molecule has 0 rings (SSSR count). The van der Waals surface area contributed by atoms with Gasteiger partial charge in [0, 0.05) is 0 Å². The number of ether oxygens (including phenoxy) is 2. The van der Waals surface area contributed by atoms with Gasteiger partial charge in [0.25, 0.3) is 0 Å². The smallest absolute Gasteiger partial charge is 0.432 e. The molecule has 1 unspecified atom stereocenters. The van der Waals surface area contributed by atoms with Gasteiger partial charge in [0.2, 0.25) is 0 Å². The van der Waals surface area contributed by atoms with Gasteiger partial charge in [-0.15, -0.1) is 0 Å². The van der Waals surface area contributed by atoms with E-state index >= 15 is 0 Å². The minimum atomic E-state index is -0.875. The van der Waals surface area contributed by atoms with Crippen molar-refractivity contribution >= 4 is 6.16 Å². The lowest BCUT2D eigenvalue weighted by Crippen LogP contribution is -2.17. The molecule has 0 aromatic heterocycles. The van der Waals surface area contributed by atoms with Gasteiger partial charge in [-0.3, -0.25) is 0 Å². The molecule has 2 N–H and O–H groups in total. The Bertz CT molecular complexity index is 112. The quantitative estimate of drug-likeness (QED) is 0.548. The van der Waals surface area contributed by atoms with Crippen LogP contribution in [-0.4, -0.2) is 42.3 Å². The average Bonchev–Trinajstić information content (AvgIpc) is 1.97. The summed E-state index contributed by atoms with van der Waals surface area (Å²) < 4.78 is 8.70. The minimum absolute atomic E-state index is 0.0847. The lowest BCUT2D eigenvalue weighted by molar-refractivity contribution is 0.0170. The molecule has 0 saturated heterocycles. The van der Waals surface area contributed by atoms with Crippen molar-refractivity contribution in [3.63, 3.8) is 0 Å². The van der Waals surface area contributed by atoms with Crippen LogP contribution in [0.5, 0.6) is 0 Å². The molecule has 0 saturated carbocycles. The molecule has 1 atom stereocenters. The SMILES string of the molecule is CC(O)COC(=O)OCCO. The van der Waals surface area contributed by atoms with Crippen LogP contribution in [0.15, 0.2) is 0 Å². The third-order valence-corrected chi connectivity index (χ3v) is 0.754. The van der Waals surface area contributed by atoms with E-state index < -0.39 is 12.3 Å². The zero-order chi connectivity index (χ0) is 8.69. The summed E-state index contributed by atoms with van der Waals surface area (Å²) in [6.07, 6.45) is -1.57. The van der Waals surface area contributed by atoms with Crippen molar-refractivity contribution in [2.24, 2.45) is 0 Å². The van der Waals surface area contributed by atoms with Gasteiger partial charge < -0.3 is 19.7 Å². The van der Waals surface area contributed by atoms with E-state index in [-0.39, 0.29) is 19.8 Å².